The van der Waals surface area contributed by atoms with E-state index in [1.54, 1.807) is 2.89 Å². The van der Waals surface area contributed by atoms with Crippen LogP contribution in [0.25, 0.3) is 4.83 Å². The van der Waals surface area contributed by atoms with Gasteiger partial charge in [-0.15, -0.1) is 0 Å². The Kier molecular flexibility index (Phi) is 11.2. The Labute approximate surface area is 213 Å². The predicted molar refractivity (Wildman–Crippen MR) is 152 cm³/mol. The molecule has 0 amide bonds. The van der Waals surface area contributed by atoms with E-state index in [1.165, 1.54) is 61.7 Å². The molecule has 0 saturated carbocycles. The SMILES string of the molecule is CCC[CH2][Sn]([CH2]CCC)([CH2]CCC)[c]1cn2cnc(SC(C)C(C)(O[SiH3])C(C)(C)C)c2s1. The van der Waals surface area contributed by atoms with Gasteiger partial charge in [0.25, 0.3) is 0 Å². The van der Waals surface area contributed by atoms with E-state index >= 15 is 0 Å². The molecule has 2 rings (SSSR count). The van der Waals surface area contributed by atoms with Crippen LogP contribution in [0.3, 0.4) is 0 Å². The molecule has 2 aromatic rings. The Morgan fingerprint density at radius 2 is 1.59 bits per heavy atom. The first-order valence-electron chi connectivity index (χ1n) is 12.8. The first kappa shape index (κ1) is 28.7. The minimum absolute atomic E-state index is 0.0900. The van der Waals surface area contributed by atoms with E-state index in [-0.39, 0.29) is 11.0 Å². The van der Waals surface area contributed by atoms with Crippen molar-refractivity contribution in [1.82, 2.24) is 9.38 Å². The molecule has 0 aliphatic rings. The Bertz CT molecular complexity index is 810. The van der Waals surface area contributed by atoms with E-state index in [4.69, 9.17) is 9.41 Å². The van der Waals surface area contributed by atoms with Crippen molar-refractivity contribution in [2.45, 2.75) is 123 Å². The fraction of sp³-hybridized carbons (Fsp3) is 0.800. The summed E-state index contributed by atoms with van der Waals surface area (Å²) in [6.07, 6.45) is 12.8. The van der Waals surface area contributed by atoms with Crippen molar-refractivity contribution in [3.63, 3.8) is 0 Å². The summed E-state index contributed by atoms with van der Waals surface area (Å²) in [4.78, 5) is 6.22. The number of hydrogen-bond donors (Lipinski definition) is 0. The average molecular weight is 604 g/mol. The molecule has 0 fully saturated rings. The van der Waals surface area contributed by atoms with Gasteiger partial charge in [-0.25, -0.2) is 0 Å². The van der Waals surface area contributed by atoms with Gasteiger partial charge in [0, 0.05) is 0 Å². The predicted octanol–water partition coefficient (Wildman–Crippen LogP) is 7.03. The van der Waals surface area contributed by atoms with Crippen LogP contribution in [0, 0.1) is 5.41 Å². The van der Waals surface area contributed by atoms with Gasteiger partial charge < -0.3 is 0 Å². The minimum atomic E-state index is -2.40. The quantitative estimate of drug-likeness (QED) is 0.171. The molecule has 0 N–H and O–H groups in total. The van der Waals surface area contributed by atoms with E-state index in [1.807, 2.05) is 11.8 Å². The van der Waals surface area contributed by atoms with Gasteiger partial charge in [0.2, 0.25) is 0 Å². The molecular formula is C25H48N2OS2SiSn. The van der Waals surface area contributed by atoms with Crippen LogP contribution in [0.5, 0.6) is 0 Å². The van der Waals surface area contributed by atoms with Crippen LogP contribution < -0.4 is 2.89 Å². The molecule has 2 unspecified atom stereocenters. The number of nitrogens with zero attached hydrogens (tertiary/aromatic N) is 2. The summed E-state index contributed by atoms with van der Waals surface area (Å²) in [5.74, 6) is 0. The molecule has 0 radical (unpaired) electrons. The monoisotopic (exact) mass is 604 g/mol. The Balaban J connectivity index is 2.42. The van der Waals surface area contributed by atoms with Gasteiger partial charge in [0.05, 0.1) is 0 Å². The molecular weight excluding hydrogens is 555 g/mol. The maximum absolute atomic E-state index is 6.21. The zero-order valence-electron chi connectivity index (χ0n) is 22.2. The summed E-state index contributed by atoms with van der Waals surface area (Å²) in [5.41, 5.74) is -0.0705. The Hall–Kier alpha value is 0.496. The van der Waals surface area contributed by atoms with Crippen molar-refractivity contribution in [2.24, 2.45) is 5.41 Å². The van der Waals surface area contributed by atoms with Gasteiger partial charge in [0.15, 0.2) is 0 Å². The van der Waals surface area contributed by atoms with Crippen LogP contribution in [-0.2, 0) is 4.43 Å². The van der Waals surface area contributed by atoms with Gasteiger partial charge in [-0.1, -0.05) is 0 Å². The third kappa shape index (κ3) is 6.38. The molecule has 0 aliphatic carbocycles. The summed E-state index contributed by atoms with van der Waals surface area (Å²) in [5, 5.41) is 1.54. The number of hydrogen-bond acceptors (Lipinski definition) is 4. The van der Waals surface area contributed by atoms with Crippen LogP contribution in [-0.4, -0.2) is 49.1 Å². The normalized spacial score (nSPS) is 16.0. The summed E-state index contributed by atoms with van der Waals surface area (Å²) in [6.45, 7) is 18.6. The van der Waals surface area contributed by atoms with E-state index in [0.29, 0.717) is 5.25 Å². The maximum atomic E-state index is 6.21. The van der Waals surface area contributed by atoms with Gasteiger partial charge in [-0.3, -0.25) is 0 Å². The molecule has 0 saturated heterocycles. The van der Waals surface area contributed by atoms with Crippen molar-refractivity contribution in [1.29, 1.82) is 0 Å². The summed E-state index contributed by atoms with van der Waals surface area (Å²) < 4.78 is 14.9. The van der Waals surface area contributed by atoms with Crippen molar-refractivity contribution in [3.05, 3.63) is 12.5 Å². The second kappa shape index (κ2) is 12.5. The number of imidazole rings is 1. The molecule has 184 valence electrons. The zero-order valence-corrected chi connectivity index (χ0v) is 28.7. The number of unbranched alkanes of at least 4 members (excludes halogenated alkanes) is 3. The molecule has 2 atom stereocenters. The molecule has 3 nitrogen and oxygen atoms in total. The van der Waals surface area contributed by atoms with Crippen LogP contribution in [0.15, 0.2) is 17.6 Å². The van der Waals surface area contributed by atoms with Crippen LogP contribution >= 0.6 is 23.1 Å². The third-order valence-corrected chi connectivity index (χ3v) is 29.3. The second-order valence-electron chi connectivity index (χ2n) is 10.8. The topological polar surface area (TPSA) is 26.5 Å². The summed E-state index contributed by atoms with van der Waals surface area (Å²) >= 11 is 1.61. The van der Waals surface area contributed by atoms with Crippen molar-refractivity contribution in [2.75, 3.05) is 0 Å². The van der Waals surface area contributed by atoms with E-state index in [2.05, 4.69) is 83.7 Å². The first-order chi connectivity index (χ1) is 15.1. The van der Waals surface area contributed by atoms with Gasteiger partial charge >= 0.3 is 215 Å². The summed E-state index contributed by atoms with van der Waals surface area (Å²) in [7, 11) is 0.755. The number of rotatable bonds is 14. The van der Waals surface area contributed by atoms with Crippen LogP contribution in [0.2, 0.25) is 13.3 Å². The Morgan fingerprint density at radius 1 is 1.06 bits per heavy atom. The van der Waals surface area contributed by atoms with Gasteiger partial charge in [-0.05, 0) is 0 Å². The number of aromatic nitrogens is 2. The zero-order chi connectivity index (χ0) is 24.0. The molecule has 0 aromatic carbocycles. The van der Waals surface area contributed by atoms with Crippen LogP contribution in [0.4, 0.5) is 0 Å². The van der Waals surface area contributed by atoms with Crippen molar-refractivity contribution < 1.29 is 4.43 Å². The number of fused-ring (bicyclic) bond motifs is 1. The van der Waals surface area contributed by atoms with Crippen molar-refractivity contribution in [3.8, 4) is 0 Å². The van der Waals surface area contributed by atoms with Crippen molar-refractivity contribution >= 4 is 59.7 Å². The Morgan fingerprint density at radius 3 is 2.03 bits per heavy atom. The van der Waals surface area contributed by atoms with Gasteiger partial charge in [0.1, 0.15) is 0 Å². The molecule has 2 heterocycles. The average Bonchev–Trinajstić information content (AvgIpc) is 3.34. The van der Waals surface area contributed by atoms with Gasteiger partial charge in [-0.2, -0.15) is 0 Å². The standard InChI is InChI=1S/C13H21N2OS2Si.3C4H9.Sn/c1-9(13(5,16-19)12(2,3)4)18-10-11-15(8-14-10)6-7-17-11;3*1-3-4-2;/h6,8-9H,1-5,19H3;3*1,3-4H2,2H3;. The van der Waals surface area contributed by atoms with Crippen LogP contribution in [0.1, 0.15) is 93.9 Å². The fourth-order valence-electron chi connectivity index (χ4n) is 4.76. The van der Waals surface area contributed by atoms with E-state index in [0.717, 1.165) is 10.5 Å². The molecule has 0 spiro atoms. The van der Waals surface area contributed by atoms with E-state index < -0.39 is 18.4 Å². The molecule has 0 aliphatic heterocycles. The third-order valence-electron chi connectivity index (χ3n) is 7.71. The first-order valence-corrected chi connectivity index (χ1v) is 22.8. The van der Waals surface area contributed by atoms with E-state index in [9.17, 15) is 0 Å². The molecule has 7 heteroatoms. The molecule has 32 heavy (non-hydrogen) atoms. The molecule has 2 aromatic heterocycles. The summed E-state index contributed by atoms with van der Waals surface area (Å²) in [6, 6.07) is 0. The number of thiazole rings is 1. The second-order valence-corrected chi connectivity index (χ2v) is 27.7. The fourth-order valence-corrected chi connectivity index (χ4v) is 27.4. The molecule has 0 bridgehead atoms. The number of thioether (sulfide) groups is 1.